The summed E-state index contributed by atoms with van der Waals surface area (Å²) in [6.45, 7) is 3.25. The number of carbonyl (C=O) groups excluding carboxylic acids is 2. The lowest BCUT2D eigenvalue weighted by Crippen LogP contribution is -2.10. The van der Waals surface area contributed by atoms with E-state index in [1.807, 2.05) is 30.3 Å². The lowest BCUT2D eigenvalue weighted by atomic mass is 10.0. The van der Waals surface area contributed by atoms with Crippen LogP contribution in [0, 0.1) is 6.92 Å². The molecule has 2 aromatic carbocycles. The second-order valence-electron chi connectivity index (χ2n) is 8.11. The van der Waals surface area contributed by atoms with Crippen molar-refractivity contribution in [3.05, 3.63) is 82.3 Å². The number of nitrogens with two attached hydrogens (primary N) is 1. The summed E-state index contributed by atoms with van der Waals surface area (Å²) in [6, 6.07) is 16.1. The number of halogens is 1. The number of aryl methyl sites for hydroxylation is 1. The first-order valence-corrected chi connectivity index (χ1v) is 11.8. The predicted molar refractivity (Wildman–Crippen MR) is 138 cm³/mol. The number of anilines is 1. The maximum atomic E-state index is 13.2. The summed E-state index contributed by atoms with van der Waals surface area (Å²) in [5, 5.41) is 1.50. The summed E-state index contributed by atoms with van der Waals surface area (Å²) in [4.78, 5) is 38.7. The van der Waals surface area contributed by atoms with Crippen molar-refractivity contribution in [2.75, 3.05) is 12.3 Å². The van der Waals surface area contributed by atoms with E-state index in [9.17, 15) is 9.59 Å². The topological polar surface area (TPSA) is 130 Å². The van der Waals surface area contributed by atoms with Crippen molar-refractivity contribution in [3.63, 3.8) is 0 Å². The number of para-hydroxylation sites is 1. The van der Waals surface area contributed by atoms with Gasteiger partial charge in [-0.3, -0.25) is 0 Å². The van der Waals surface area contributed by atoms with E-state index in [0.29, 0.717) is 32.9 Å². The third-order valence-corrected chi connectivity index (χ3v) is 5.94. The molecule has 9 nitrogen and oxygen atoms in total. The van der Waals surface area contributed by atoms with Crippen LogP contribution in [0.1, 0.15) is 39.2 Å². The molecule has 0 saturated heterocycles. The minimum absolute atomic E-state index is 0.0235. The van der Waals surface area contributed by atoms with E-state index in [2.05, 4.69) is 15.0 Å². The van der Waals surface area contributed by atoms with E-state index in [1.54, 1.807) is 38.1 Å². The zero-order chi connectivity index (χ0) is 26.1. The summed E-state index contributed by atoms with van der Waals surface area (Å²) in [5.74, 6) is -0.705. The Hall–Kier alpha value is -4.50. The number of benzene rings is 2. The average Bonchev–Trinajstić information content (AvgIpc) is 3.23. The Morgan fingerprint density at radius 3 is 2.51 bits per heavy atom. The first-order chi connectivity index (χ1) is 17.9. The van der Waals surface area contributed by atoms with E-state index < -0.39 is 11.9 Å². The predicted octanol–water partition coefficient (Wildman–Crippen LogP) is 5.52. The van der Waals surface area contributed by atoms with E-state index in [1.165, 1.54) is 0 Å². The van der Waals surface area contributed by atoms with E-state index >= 15 is 0 Å². The highest BCUT2D eigenvalue weighted by Crippen LogP contribution is 2.30. The fraction of sp³-hybridized carbons (Fsp3) is 0.148. The Labute approximate surface area is 216 Å². The molecule has 0 unspecified atom stereocenters. The SMILES string of the molecule is CCOC(=O)c1c(C)oc2nc(COC(=O)c3cc(-c4ccc(Cl)cc4)nc4ccccc34)nc(N)c12. The van der Waals surface area contributed by atoms with Crippen LogP contribution in [0.25, 0.3) is 33.3 Å². The molecule has 0 amide bonds. The molecule has 5 rings (SSSR count). The maximum Gasteiger partial charge on any atom is 0.342 e. The molecular weight excluding hydrogens is 496 g/mol. The number of rotatable bonds is 6. The quantitative estimate of drug-likeness (QED) is 0.290. The van der Waals surface area contributed by atoms with Gasteiger partial charge in [0.25, 0.3) is 0 Å². The summed E-state index contributed by atoms with van der Waals surface area (Å²) >= 11 is 6.02. The number of pyridine rings is 1. The molecule has 0 aliphatic heterocycles. The largest absolute Gasteiger partial charge is 0.462 e. The van der Waals surface area contributed by atoms with E-state index in [0.717, 1.165) is 5.56 Å². The van der Waals surface area contributed by atoms with Crippen molar-refractivity contribution in [1.29, 1.82) is 0 Å². The number of carbonyl (C=O) groups is 2. The van der Waals surface area contributed by atoms with Crippen LogP contribution in [0.2, 0.25) is 5.02 Å². The Bertz CT molecular complexity index is 1660. The Morgan fingerprint density at radius 2 is 1.76 bits per heavy atom. The third kappa shape index (κ3) is 4.68. The highest BCUT2D eigenvalue weighted by Gasteiger charge is 2.24. The molecule has 0 spiro atoms. The van der Waals surface area contributed by atoms with Crippen LogP contribution in [0.15, 0.2) is 59.0 Å². The summed E-state index contributed by atoms with van der Waals surface area (Å²) in [7, 11) is 0. The van der Waals surface area contributed by atoms with Crippen molar-refractivity contribution >= 4 is 51.4 Å². The van der Waals surface area contributed by atoms with Gasteiger partial charge in [-0.1, -0.05) is 41.9 Å². The van der Waals surface area contributed by atoms with Crippen molar-refractivity contribution in [1.82, 2.24) is 15.0 Å². The highest BCUT2D eigenvalue weighted by molar-refractivity contribution is 6.30. The van der Waals surface area contributed by atoms with Gasteiger partial charge in [0.15, 0.2) is 12.4 Å². The second kappa shape index (κ2) is 9.87. The molecular formula is C27H21ClN4O5. The summed E-state index contributed by atoms with van der Waals surface area (Å²) < 4.78 is 16.3. The standard InChI is InChI=1S/C27H21ClN4O5/c1-3-35-27(34)22-14(2)37-25-23(22)24(29)31-21(32-25)13-36-26(33)18-12-20(15-8-10-16(28)11-9-15)30-19-7-5-4-6-17(18)19/h4-12H,3,13H2,1-2H3,(H2,29,31,32). The van der Waals surface area contributed by atoms with Crippen LogP contribution in [-0.4, -0.2) is 33.5 Å². The van der Waals surface area contributed by atoms with Gasteiger partial charge in [0.1, 0.15) is 17.1 Å². The Kier molecular flexibility index (Phi) is 6.45. The lowest BCUT2D eigenvalue weighted by molar-refractivity contribution is 0.0463. The first kappa shape index (κ1) is 24.2. The molecule has 0 fully saturated rings. The van der Waals surface area contributed by atoms with Crippen LogP contribution in [0.4, 0.5) is 5.82 Å². The smallest absolute Gasteiger partial charge is 0.342 e. The van der Waals surface area contributed by atoms with Crippen LogP contribution in [0.5, 0.6) is 0 Å². The molecule has 3 heterocycles. The fourth-order valence-corrected chi connectivity index (χ4v) is 4.14. The molecule has 10 heteroatoms. The van der Waals surface area contributed by atoms with Crippen LogP contribution in [-0.2, 0) is 16.1 Å². The molecule has 2 N–H and O–H groups in total. The molecule has 0 bridgehead atoms. The molecule has 5 aromatic rings. The van der Waals surface area contributed by atoms with Gasteiger partial charge in [-0.2, -0.15) is 4.98 Å². The molecule has 3 aromatic heterocycles. The molecule has 0 aliphatic rings. The lowest BCUT2D eigenvalue weighted by Gasteiger charge is -2.10. The monoisotopic (exact) mass is 516 g/mol. The van der Waals surface area contributed by atoms with E-state index in [4.69, 9.17) is 31.2 Å². The summed E-state index contributed by atoms with van der Waals surface area (Å²) in [6.07, 6.45) is 0. The van der Waals surface area contributed by atoms with Crippen LogP contribution >= 0.6 is 11.6 Å². The van der Waals surface area contributed by atoms with Crippen molar-refractivity contribution in [3.8, 4) is 11.3 Å². The first-order valence-electron chi connectivity index (χ1n) is 11.4. The van der Waals surface area contributed by atoms with Crippen molar-refractivity contribution in [2.24, 2.45) is 0 Å². The second-order valence-corrected chi connectivity index (χ2v) is 8.55. The van der Waals surface area contributed by atoms with Gasteiger partial charge in [-0.05, 0) is 38.1 Å². The molecule has 37 heavy (non-hydrogen) atoms. The van der Waals surface area contributed by atoms with Gasteiger partial charge >= 0.3 is 11.9 Å². The normalized spacial score (nSPS) is 11.1. The van der Waals surface area contributed by atoms with Crippen LogP contribution < -0.4 is 5.73 Å². The van der Waals surface area contributed by atoms with Gasteiger partial charge in [0.05, 0.1) is 28.8 Å². The zero-order valence-corrected chi connectivity index (χ0v) is 20.7. The Balaban J connectivity index is 1.45. The number of nitrogen functional groups attached to an aromatic ring is 1. The molecule has 0 aliphatic carbocycles. The zero-order valence-electron chi connectivity index (χ0n) is 19.9. The Morgan fingerprint density at radius 1 is 1.00 bits per heavy atom. The number of aromatic nitrogens is 3. The van der Waals surface area contributed by atoms with Crippen molar-refractivity contribution < 1.29 is 23.5 Å². The average molecular weight is 517 g/mol. The van der Waals surface area contributed by atoms with Gasteiger partial charge in [-0.25, -0.2) is 19.6 Å². The molecule has 0 radical (unpaired) electrons. The minimum Gasteiger partial charge on any atom is -0.462 e. The van der Waals surface area contributed by atoms with Gasteiger partial charge in [0, 0.05) is 16.0 Å². The van der Waals surface area contributed by atoms with Crippen molar-refractivity contribution in [2.45, 2.75) is 20.5 Å². The number of esters is 2. The molecule has 0 saturated carbocycles. The van der Waals surface area contributed by atoms with Gasteiger partial charge in [-0.15, -0.1) is 0 Å². The molecule has 0 atom stereocenters. The van der Waals surface area contributed by atoms with E-state index in [-0.39, 0.29) is 41.5 Å². The third-order valence-electron chi connectivity index (χ3n) is 5.69. The number of hydrogen-bond acceptors (Lipinski definition) is 9. The molecule has 186 valence electrons. The number of ether oxygens (including phenoxy) is 2. The highest BCUT2D eigenvalue weighted by atomic mass is 35.5. The fourth-order valence-electron chi connectivity index (χ4n) is 4.02. The van der Waals surface area contributed by atoms with Gasteiger partial charge < -0.3 is 19.6 Å². The summed E-state index contributed by atoms with van der Waals surface area (Å²) in [5.41, 5.74) is 8.78. The number of furan rings is 1. The number of fused-ring (bicyclic) bond motifs is 2. The van der Waals surface area contributed by atoms with Crippen LogP contribution in [0.3, 0.4) is 0 Å². The maximum absolute atomic E-state index is 13.2. The minimum atomic E-state index is -0.584. The number of hydrogen-bond donors (Lipinski definition) is 1. The number of nitrogens with zero attached hydrogens (tertiary/aromatic N) is 3. The van der Waals surface area contributed by atoms with Gasteiger partial charge in [0.2, 0.25) is 5.71 Å².